The first kappa shape index (κ1) is 21.0. The van der Waals surface area contributed by atoms with Gasteiger partial charge in [0.15, 0.2) is 0 Å². The summed E-state index contributed by atoms with van der Waals surface area (Å²) >= 11 is 0. The van der Waals surface area contributed by atoms with E-state index in [0.29, 0.717) is 0 Å². The van der Waals surface area contributed by atoms with Crippen LogP contribution in [0.25, 0.3) is 0 Å². The average Bonchev–Trinajstić information content (AvgIpc) is 2.77. The monoisotopic (exact) mass is 406 g/mol. The molecule has 0 spiro atoms. The second-order valence-corrected chi connectivity index (χ2v) is 8.72. The number of nitrogens with one attached hydrogen (secondary N) is 1. The highest BCUT2D eigenvalue weighted by molar-refractivity contribution is 5.94. The van der Waals surface area contributed by atoms with E-state index in [2.05, 4.69) is 62.5 Å². The molecule has 1 atom stereocenters. The van der Waals surface area contributed by atoms with Crippen LogP contribution in [0.2, 0.25) is 0 Å². The van der Waals surface area contributed by atoms with Gasteiger partial charge in [-0.25, -0.2) is 0 Å². The second kappa shape index (κ2) is 10.2. The van der Waals surface area contributed by atoms with Crippen LogP contribution in [0.3, 0.4) is 0 Å². The quantitative estimate of drug-likeness (QED) is 0.798. The normalized spacial score (nSPS) is 21.4. The third-order valence-corrected chi connectivity index (χ3v) is 6.41. The molecular weight excluding hydrogens is 372 g/mol. The van der Waals surface area contributed by atoms with E-state index in [9.17, 15) is 4.79 Å². The van der Waals surface area contributed by atoms with Crippen LogP contribution in [-0.2, 0) is 17.9 Å². The predicted molar refractivity (Wildman–Crippen MR) is 122 cm³/mol. The van der Waals surface area contributed by atoms with Crippen LogP contribution >= 0.6 is 0 Å². The third-order valence-electron chi connectivity index (χ3n) is 6.41. The molecule has 0 saturated carbocycles. The molecule has 4 rings (SSSR count). The Morgan fingerprint density at radius 1 is 0.833 bits per heavy atom. The van der Waals surface area contributed by atoms with Crippen molar-refractivity contribution in [3.63, 3.8) is 0 Å². The van der Waals surface area contributed by atoms with Crippen molar-refractivity contribution in [1.82, 2.24) is 14.7 Å². The summed E-state index contributed by atoms with van der Waals surface area (Å²) in [7, 11) is 2.05. The molecule has 2 fully saturated rings. The van der Waals surface area contributed by atoms with Crippen LogP contribution in [0.15, 0.2) is 54.6 Å². The lowest BCUT2D eigenvalue weighted by Gasteiger charge is -2.34. The van der Waals surface area contributed by atoms with Crippen molar-refractivity contribution >= 4 is 11.6 Å². The number of nitrogens with zero attached hydrogens (tertiary/aromatic N) is 3. The molecule has 1 unspecified atom stereocenters. The lowest BCUT2D eigenvalue weighted by Crippen LogP contribution is -2.45. The van der Waals surface area contributed by atoms with E-state index >= 15 is 0 Å². The molecule has 0 aliphatic carbocycles. The zero-order valence-corrected chi connectivity index (χ0v) is 18.1. The Morgan fingerprint density at radius 2 is 1.43 bits per heavy atom. The van der Waals surface area contributed by atoms with Crippen LogP contribution in [-0.4, -0.2) is 66.4 Å². The number of hydrogen-bond donors (Lipinski definition) is 1. The summed E-state index contributed by atoms with van der Waals surface area (Å²) in [5, 5.41) is 3.10. The van der Waals surface area contributed by atoms with E-state index in [1.807, 2.05) is 19.2 Å². The summed E-state index contributed by atoms with van der Waals surface area (Å²) in [5.41, 5.74) is 3.60. The molecule has 5 heteroatoms. The minimum Gasteiger partial charge on any atom is -0.325 e. The van der Waals surface area contributed by atoms with Crippen molar-refractivity contribution in [3.05, 3.63) is 65.7 Å². The van der Waals surface area contributed by atoms with E-state index in [1.54, 1.807) is 0 Å². The van der Waals surface area contributed by atoms with Gasteiger partial charge < -0.3 is 5.32 Å². The van der Waals surface area contributed by atoms with Gasteiger partial charge in [-0.05, 0) is 49.7 Å². The molecule has 160 valence electrons. The zero-order valence-electron chi connectivity index (χ0n) is 18.1. The zero-order chi connectivity index (χ0) is 20.8. The fourth-order valence-corrected chi connectivity index (χ4v) is 4.53. The summed E-state index contributed by atoms with van der Waals surface area (Å²) in [6, 6.07) is 19.1. The van der Waals surface area contributed by atoms with Gasteiger partial charge in [0.1, 0.15) is 0 Å². The summed E-state index contributed by atoms with van der Waals surface area (Å²) in [6.45, 7) is 7.43. The van der Waals surface area contributed by atoms with Crippen molar-refractivity contribution in [3.8, 4) is 0 Å². The topological polar surface area (TPSA) is 38.8 Å². The van der Waals surface area contributed by atoms with Gasteiger partial charge in [0.2, 0.25) is 5.91 Å². The van der Waals surface area contributed by atoms with E-state index in [-0.39, 0.29) is 11.9 Å². The Balaban J connectivity index is 1.23. The van der Waals surface area contributed by atoms with Crippen LogP contribution in [0.1, 0.15) is 30.4 Å². The van der Waals surface area contributed by atoms with Gasteiger partial charge in [0.05, 0.1) is 6.04 Å². The molecule has 0 aromatic heterocycles. The number of hydrogen-bond acceptors (Lipinski definition) is 4. The maximum atomic E-state index is 12.6. The van der Waals surface area contributed by atoms with Crippen molar-refractivity contribution in [2.75, 3.05) is 45.1 Å². The van der Waals surface area contributed by atoms with Gasteiger partial charge in [-0.2, -0.15) is 0 Å². The Hall–Kier alpha value is -2.21. The maximum absolute atomic E-state index is 12.6. The van der Waals surface area contributed by atoms with E-state index in [1.165, 1.54) is 17.5 Å². The van der Waals surface area contributed by atoms with E-state index in [0.717, 1.165) is 64.3 Å². The molecule has 2 aliphatic heterocycles. The molecule has 1 N–H and O–H groups in total. The number of amides is 1. The summed E-state index contributed by atoms with van der Waals surface area (Å²) in [5.74, 6) is 0.125. The van der Waals surface area contributed by atoms with Gasteiger partial charge in [0, 0.05) is 45.0 Å². The first-order chi connectivity index (χ1) is 14.7. The molecule has 2 aliphatic rings. The molecule has 2 heterocycles. The molecule has 0 bridgehead atoms. The van der Waals surface area contributed by atoms with Gasteiger partial charge in [-0.3, -0.25) is 19.5 Å². The number of benzene rings is 2. The van der Waals surface area contributed by atoms with Crippen molar-refractivity contribution in [2.45, 2.75) is 38.4 Å². The second-order valence-electron chi connectivity index (χ2n) is 8.72. The van der Waals surface area contributed by atoms with Crippen molar-refractivity contribution in [2.24, 2.45) is 0 Å². The number of piperazine rings is 1. The molecule has 2 aromatic rings. The summed E-state index contributed by atoms with van der Waals surface area (Å²) in [4.78, 5) is 19.8. The SMILES string of the molecule is CN1CCCCC1C(=O)Nc1ccc(CN2CCN(Cc3ccccc3)CC2)cc1. The standard InChI is InChI=1S/C25H34N4O/c1-27-14-6-5-9-24(27)25(30)26-23-12-10-22(11-13-23)20-29-17-15-28(16-18-29)19-21-7-3-2-4-8-21/h2-4,7-8,10-13,24H,5-6,9,14-20H2,1H3,(H,26,30). The number of anilines is 1. The molecule has 30 heavy (non-hydrogen) atoms. The van der Waals surface area contributed by atoms with Gasteiger partial charge in [-0.1, -0.05) is 48.9 Å². The van der Waals surface area contributed by atoms with Crippen molar-refractivity contribution in [1.29, 1.82) is 0 Å². The van der Waals surface area contributed by atoms with E-state index < -0.39 is 0 Å². The Bertz CT molecular complexity index is 800. The summed E-state index contributed by atoms with van der Waals surface area (Å²) in [6.07, 6.45) is 3.28. The predicted octanol–water partition coefficient (Wildman–Crippen LogP) is 3.43. The smallest absolute Gasteiger partial charge is 0.241 e. The maximum Gasteiger partial charge on any atom is 0.241 e. The Labute approximate surface area is 180 Å². The van der Waals surface area contributed by atoms with Crippen molar-refractivity contribution < 1.29 is 4.79 Å². The highest BCUT2D eigenvalue weighted by Gasteiger charge is 2.25. The van der Waals surface area contributed by atoms with Crippen LogP contribution in [0.4, 0.5) is 5.69 Å². The lowest BCUT2D eigenvalue weighted by atomic mass is 10.0. The highest BCUT2D eigenvalue weighted by atomic mass is 16.2. The first-order valence-electron chi connectivity index (χ1n) is 11.3. The molecular formula is C25H34N4O. The number of piperidine rings is 1. The first-order valence-corrected chi connectivity index (χ1v) is 11.3. The number of carbonyl (C=O) groups excluding carboxylic acids is 1. The van der Waals surface area contributed by atoms with Crippen LogP contribution < -0.4 is 5.32 Å². The van der Waals surface area contributed by atoms with Gasteiger partial charge in [0.25, 0.3) is 0 Å². The molecule has 1 amide bonds. The average molecular weight is 407 g/mol. The Morgan fingerprint density at radius 3 is 2.03 bits per heavy atom. The highest BCUT2D eigenvalue weighted by Crippen LogP contribution is 2.18. The van der Waals surface area contributed by atoms with Gasteiger partial charge >= 0.3 is 0 Å². The van der Waals surface area contributed by atoms with Crippen LogP contribution in [0.5, 0.6) is 0 Å². The fraction of sp³-hybridized carbons (Fsp3) is 0.480. The number of likely N-dealkylation sites (tertiary alicyclic amines) is 1. The lowest BCUT2D eigenvalue weighted by molar-refractivity contribution is -0.121. The van der Waals surface area contributed by atoms with Crippen LogP contribution in [0, 0.1) is 0 Å². The number of rotatable bonds is 6. The third kappa shape index (κ3) is 5.69. The molecule has 0 radical (unpaired) electrons. The minimum absolute atomic E-state index is 0.00519. The fourth-order valence-electron chi connectivity index (χ4n) is 4.53. The van der Waals surface area contributed by atoms with Gasteiger partial charge in [-0.15, -0.1) is 0 Å². The molecule has 2 aromatic carbocycles. The largest absolute Gasteiger partial charge is 0.325 e. The Kier molecular flexibility index (Phi) is 7.16. The minimum atomic E-state index is 0.00519. The number of carbonyl (C=O) groups is 1. The van der Waals surface area contributed by atoms with E-state index in [4.69, 9.17) is 0 Å². The summed E-state index contributed by atoms with van der Waals surface area (Å²) < 4.78 is 0. The molecule has 2 saturated heterocycles. The number of likely N-dealkylation sites (N-methyl/N-ethyl adjacent to an activating group) is 1. The molecule has 5 nitrogen and oxygen atoms in total.